The van der Waals surface area contributed by atoms with Gasteiger partial charge in [-0.1, -0.05) is 58.8 Å². The highest BCUT2D eigenvalue weighted by molar-refractivity contribution is 5.60. The number of likely N-dealkylation sites (tertiary alicyclic amines) is 1. The Hall–Kier alpha value is -0.570. The molecule has 0 aromatic rings. The van der Waals surface area contributed by atoms with E-state index < -0.39 is 5.97 Å². The van der Waals surface area contributed by atoms with Crippen LogP contribution in [0.2, 0.25) is 0 Å². The van der Waals surface area contributed by atoms with Crippen molar-refractivity contribution in [3.8, 4) is 0 Å². The van der Waals surface area contributed by atoms with Gasteiger partial charge in [0, 0.05) is 18.3 Å². The molecular weight excluding hydrogens is 274 g/mol. The van der Waals surface area contributed by atoms with Gasteiger partial charge < -0.3 is 14.8 Å². The van der Waals surface area contributed by atoms with Crippen LogP contribution in [0.15, 0.2) is 0 Å². The summed E-state index contributed by atoms with van der Waals surface area (Å²) in [5.74, 6) is -0.0287. The highest BCUT2D eigenvalue weighted by Crippen LogP contribution is 2.11. The van der Waals surface area contributed by atoms with Crippen molar-refractivity contribution < 1.29 is 14.8 Å². The summed E-state index contributed by atoms with van der Waals surface area (Å²) < 4.78 is 0. The zero-order chi connectivity index (χ0) is 16.6. The number of hydrogen-bond donors (Lipinski definition) is 1. The molecular formula is C19H39NO2. The molecule has 1 heterocycles. The molecule has 0 bridgehead atoms. The molecule has 0 radical (unpaired) electrons. The van der Waals surface area contributed by atoms with Gasteiger partial charge in [-0.3, -0.25) is 0 Å². The average molecular weight is 314 g/mol. The predicted octanol–water partition coefficient (Wildman–Crippen LogP) is 2.59. The number of carbonyl (C=O) groups is 1. The van der Waals surface area contributed by atoms with Crippen molar-refractivity contribution in [2.45, 2.75) is 91.4 Å². The summed E-state index contributed by atoms with van der Waals surface area (Å²) in [6, 6.07) is 0. The van der Waals surface area contributed by atoms with Gasteiger partial charge in [0.2, 0.25) is 0 Å². The van der Waals surface area contributed by atoms with Gasteiger partial charge in [0.25, 0.3) is 0 Å². The fraction of sp³-hybridized carbons (Fsp3) is 0.947. The smallest absolute Gasteiger partial charge is 0.0801 e. The van der Waals surface area contributed by atoms with E-state index in [2.05, 4.69) is 13.8 Å². The van der Waals surface area contributed by atoms with Crippen LogP contribution in [0.25, 0.3) is 0 Å². The third-order valence-corrected chi connectivity index (χ3v) is 4.56. The fourth-order valence-electron chi connectivity index (χ4n) is 3.41. The van der Waals surface area contributed by atoms with Crippen LogP contribution < -0.4 is 10.0 Å². The van der Waals surface area contributed by atoms with Crippen LogP contribution in [0.5, 0.6) is 0 Å². The summed E-state index contributed by atoms with van der Waals surface area (Å²) in [6.45, 7) is 9.99. The molecule has 1 rings (SSSR count). The van der Waals surface area contributed by atoms with Crippen LogP contribution in [-0.4, -0.2) is 25.6 Å². The third kappa shape index (κ3) is 14.4. The second-order valence-corrected chi connectivity index (χ2v) is 6.86. The van der Waals surface area contributed by atoms with Crippen molar-refractivity contribution in [3.63, 3.8) is 0 Å². The Morgan fingerprint density at radius 2 is 1.55 bits per heavy atom. The molecule has 1 N–H and O–H groups in total. The van der Waals surface area contributed by atoms with Gasteiger partial charge in [-0.05, 0) is 26.2 Å². The number of nitrogens with one attached hydrogen (secondary N) is 1. The molecule has 0 spiro atoms. The number of carboxylic acids is 1. The van der Waals surface area contributed by atoms with E-state index >= 15 is 0 Å². The van der Waals surface area contributed by atoms with Gasteiger partial charge >= 0.3 is 0 Å². The molecule has 1 aliphatic heterocycles. The second-order valence-electron chi connectivity index (χ2n) is 6.86. The topological polar surface area (TPSA) is 44.6 Å². The molecule has 0 amide bonds. The summed E-state index contributed by atoms with van der Waals surface area (Å²) in [5.41, 5.74) is 0. The fourth-order valence-corrected chi connectivity index (χ4v) is 3.41. The number of hydrogen-bond acceptors (Lipinski definition) is 2. The minimum atomic E-state index is -1.08. The molecule has 1 saturated heterocycles. The van der Waals surface area contributed by atoms with E-state index in [1.54, 1.807) is 0 Å². The predicted molar refractivity (Wildman–Crippen MR) is 91.9 cm³/mol. The molecule has 0 aliphatic carbocycles. The van der Waals surface area contributed by atoms with Gasteiger partial charge in [-0.15, -0.1) is 0 Å². The lowest BCUT2D eigenvalue weighted by Gasteiger charge is -2.13. The summed E-state index contributed by atoms with van der Waals surface area (Å²) in [5, 5.41) is 8.89. The lowest BCUT2D eigenvalue weighted by Crippen LogP contribution is -3.10. The Labute approximate surface area is 138 Å². The molecule has 2 atom stereocenters. The third-order valence-electron chi connectivity index (χ3n) is 4.56. The van der Waals surface area contributed by atoms with Crippen molar-refractivity contribution in [1.29, 1.82) is 0 Å². The van der Waals surface area contributed by atoms with Crippen molar-refractivity contribution >= 4 is 5.97 Å². The zero-order valence-electron chi connectivity index (χ0n) is 15.3. The van der Waals surface area contributed by atoms with Crippen LogP contribution >= 0.6 is 0 Å². The van der Waals surface area contributed by atoms with E-state index in [9.17, 15) is 0 Å². The average Bonchev–Trinajstić information content (AvgIpc) is 2.89. The minimum Gasteiger partial charge on any atom is -0.550 e. The van der Waals surface area contributed by atoms with Crippen LogP contribution in [0.1, 0.15) is 91.4 Å². The van der Waals surface area contributed by atoms with Crippen molar-refractivity contribution in [1.82, 2.24) is 0 Å². The first-order chi connectivity index (χ1) is 10.6. The largest absolute Gasteiger partial charge is 0.550 e. The Balaban J connectivity index is 0.000000980. The maximum Gasteiger partial charge on any atom is 0.0801 e. The summed E-state index contributed by atoms with van der Waals surface area (Å²) in [6.07, 6.45) is 16.0. The first-order valence-corrected chi connectivity index (χ1v) is 9.61. The van der Waals surface area contributed by atoms with Crippen LogP contribution in [-0.2, 0) is 4.79 Å². The molecule has 0 aromatic carbocycles. The van der Waals surface area contributed by atoms with E-state index in [1.165, 1.54) is 90.3 Å². The molecule has 3 nitrogen and oxygen atoms in total. The van der Waals surface area contributed by atoms with Gasteiger partial charge in [-0.25, -0.2) is 0 Å². The zero-order valence-corrected chi connectivity index (χ0v) is 15.3. The lowest BCUT2D eigenvalue weighted by atomic mass is 10.0. The van der Waals surface area contributed by atoms with Gasteiger partial charge in [-0.2, -0.15) is 0 Å². The van der Waals surface area contributed by atoms with Gasteiger partial charge in [0.15, 0.2) is 0 Å². The molecule has 1 fully saturated rings. The molecule has 132 valence electrons. The van der Waals surface area contributed by atoms with Gasteiger partial charge in [0.05, 0.1) is 19.6 Å². The highest BCUT2D eigenvalue weighted by Gasteiger charge is 2.24. The first-order valence-electron chi connectivity index (χ1n) is 9.61. The number of rotatable bonds is 11. The Kier molecular flexibility index (Phi) is 14.9. The Bertz CT molecular complexity index is 252. The van der Waals surface area contributed by atoms with Crippen LogP contribution in [0.3, 0.4) is 0 Å². The summed E-state index contributed by atoms with van der Waals surface area (Å²) >= 11 is 0. The van der Waals surface area contributed by atoms with E-state index in [4.69, 9.17) is 9.90 Å². The van der Waals surface area contributed by atoms with E-state index in [-0.39, 0.29) is 0 Å². The van der Waals surface area contributed by atoms with E-state index in [0.29, 0.717) is 0 Å². The molecule has 0 saturated carbocycles. The standard InChI is InChI=1S/C17H35N.C2H4O2/c1-3-5-6-7-8-9-10-11-14-18-15-13-17(16-18)12-4-2;1-2(3)4/h17H,3-16H2,1-2H3;1H3,(H,3,4). The molecule has 22 heavy (non-hydrogen) atoms. The van der Waals surface area contributed by atoms with Crippen molar-refractivity contribution in [2.75, 3.05) is 19.6 Å². The summed E-state index contributed by atoms with van der Waals surface area (Å²) in [7, 11) is 0. The maximum absolute atomic E-state index is 8.89. The molecule has 3 heteroatoms. The second kappa shape index (κ2) is 15.3. The van der Waals surface area contributed by atoms with E-state index in [0.717, 1.165) is 12.8 Å². The summed E-state index contributed by atoms with van der Waals surface area (Å²) in [4.78, 5) is 10.8. The number of aliphatic carboxylic acids is 1. The molecule has 2 unspecified atom stereocenters. The number of unbranched alkanes of at least 4 members (excludes halogenated alkanes) is 7. The minimum absolute atomic E-state index is 0.972. The first kappa shape index (κ1) is 21.4. The number of quaternary nitrogens is 1. The number of carboxylic acid groups (broad SMARTS) is 1. The van der Waals surface area contributed by atoms with Crippen molar-refractivity contribution in [2.24, 2.45) is 5.92 Å². The molecule has 1 aliphatic rings. The maximum atomic E-state index is 8.89. The van der Waals surface area contributed by atoms with E-state index in [1.807, 2.05) is 4.90 Å². The highest BCUT2D eigenvalue weighted by atomic mass is 16.4. The van der Waals surface area contributed by atoms with Gasteiger partial charge in [0.1, 0.15) is 0 Å². The quantitative estimate of drug-likeness (QED) is 0.596. The number of carbonyl (C=O) groups excluding carboxylic acids is 1. The Morgan fingerprint density at radius 3 is 2.09 bits per heavy atom. The monoisotopic (exact) mass is 313 g/mol. The van der Waals surface area contributed by atoms with Crippen LogP contribution in [0.4, 0.5) is 0 Å². The molecule has 0 aromatic heterocycles. The Morgan fingerprint density at radius 1 is 1.00 bits per heavy atom. The lowest BCUT2D eigenvalue weighted by molar-refractivity contribution is -0.889. The van der Waals surface area contributed by atoms with Crippen molar-refractivity contribution in [3.05, 3.63) is 0 Å². The normalized spacial score (nSPS) is 20.5. The SMILES string of the molecule is CC(=O)[O-].CCCCCCCCCC[NH+]1CCC(CCC)C1. The van der Waals surface area contributed by atoms with Crippen LogP contribution in [0, 0.1) is 5.92 Å².